The lowest BCUT2D eigenvalue weighted by Crippen LogP contribution is -2.21. The Bertz CT molecular complexity index is 903. The van der Waals surface area contributed by atoms with Crippen LogP contribution in [0.2, 0.25) is 0 Å². The first-order valence-electron chi connectivity index (χ1n) is 8.63. The van der Waals surface area contributed by atoms with Crippen LogP contribution < -0.4 is 15.4 Å². The van der Waals surface area contributed by atoms with Gasteiger partial charge in [-0.2, -0.15) is 0 Å². The summed E-state index contributed by atoms with van der Waals surface area (Å²) in [5.41, 5.74) is 1.74. The van der Waals surface area contributed by atoms with Crippen molar-refractivity contribution in [2.75, 3.05) is 10.6 Å². The van der Waals surface area contributed by atoms with E-state index in [0.29, 0.717) is 23.0 Å². The summed E-state index contributed by atoms with van der Waals surface area (Å²) < 4.78 is 5.70. The van der Waals surface area contributed by atoms with Gasteiger partial charge in [0.25, 0.3) is 0 Å². The predicted molar refractivity (Wildman–Crippen MR) is 106 cm³/mol. The minimum absolute atomic E-state index is 0.0134. The van der Waals surface area contributed by atoms with Gasteiger partial charge in [-0.15, -0.1) is 0 Å². The van der Waals surface area contributed by atoms with Gasteiger partial charge in [-0.1, -0.05) is 20.8 Å². The van der Waals surface area contributed by atoms with Crippen LogP contribution in [0.5, 0.6) is 11.5 Å². The summed E-state index contributed by atoms with van der Waals surface area (Å²) in [5.74, 6) is 1.89. The summed E-state index contributed by atoms with van der Waals surface area (Å²) in [6, 6.07) is 14.1. The van der Waals surface area contributed by atoms with E-state index in [4.69, 9.17) is 4.74 Å². The van der Waals surface area contributed by atoms with Crippen LogP contribution in [0.15, 0.2) is 67.1 Å². The quantitative estimate of drug-likeness (QED) is 0.668. The van der Waals surface area contributed by atoms with Gasteiger partial charge in [0.1, 0.15) is 17.3 Å². The van der Waals surface area contributed by atoms with Crippen LogP contribution >= 0.6 is 0 Å². The van der Waals surface area contributed by atoms with Gasteiger partial charge in [0.2, 0.25) is 0 Å². The molecule has 1 aromatic carbocycles. The first-order valence-corrected chi connectivity index (χ1v) is 8.63. The molecule has 2 amide bonds. The molecule has 0 saturated heterocycles. The summed E-state index contributed by atoms with van der Waals surface area (Å²) in [7, 11) is 0. The number of carbonyl (C=O) groups is 1. The largest absolute Gasteiger partial charge is 0.457 e. The molecule has 0 saturated carbocycles. The lowest BCUT2D eigenvalue weighted by molar-refractivity contribution is 0.262. The maximum atomic E-state index is 12.2. The average molecular weight is 362 g/mol. The topological polar surface area (TPSA) is 76.1 Å². The molecular formula is C21H22N4O2. The molecule has 0 bridgehead atoms. The van der Waals surface area contributed by atoms with E-state index in [9.17, 15) is 4.79 Å². The Balaban J connectivity index is 1.60. The van der Waals surface area contributed by atoms with E-state index in [1.54, 1.807) is 55.0 Å². The number of ether oxygens (including phenoxy) is 1. The third-order valence-corrected chi connectivity index (χ3v) is 3.87. The molecule has 6 nitrogen and oxygen atoms in total. The smallest absolute Gasteiger partial charge is 0.324 e. The number of aromatic nitrogens is 2. The van der Waals surface area contributed by atoms with Gasteiger partial charge < -0.3 is 10.1 Å². The summed E-state index contributed by atoms with van der Waals surface area (Å²) in [6.07, 6.45) is 5.03. The highest BCUT2D eigenvalue weighted by Crippen LogP contribution is 2.24. The van der Waals surface area contributed by atoms with E-state index in [2.05, 4.69) is 41.4 Å². The molecule has 0 unspecified atom stereocenters. The number of benzene rings is 1. The number of urea groups is 1. The van der Waals surface area contributed by atoms with Gasteiger partial charge in [-0.3, -0.25) is 10.3 Å². The summed E-state index contributed by atoms with van der Waals surface area (Å²) in [5, 5.41) is 5.54. The molecule has 0 aliphatic carbocycles. The van der Waals surface area contributed by atoms with Gasteiger partial charge in [0, 0.05) is 24.3 Å². The average Bonchev–Trinajstić information content (AvgIpc) is 2.64. The molecule has 27 heavy (non-hydrogen) atoms. The van der Waals surface area contributed by atoms with Crippen molar-refractivity contribution in [3.05, 3.63) is 72.7 Å². The number of amides is 2. The maximum Gasteiger partial charge on any atom is 0.324 e. The fourth-order valence-electron chi connectivity index (χ4n) is 2.39. The normalized spacial score (nSPS) is 10.9. The first-order chi connectivity index (χ1) is 12.9. The van der Waals surface area contributed by atoms with E-state index < -0.39 is 0 Å². The van der Waals surface area contributed by atoms with Crippen molar-refractivity contribution in [2.45, 2.75) is 26.2 Å². The minimum atomic E-state index is -0.351. The summed E-state index contributed by atoms with van der Waals surface area (Å²) in [6.45, 7) is 6.34. The van der Waals surface area contributed by atoms with E-state index in [1.807, 2.05) is 12.1 Å². The lowest BCUT2D eigenvalue weighted by atomic mass is 9.88. The summed E-state index contributed by atoms with van der Waals surface area (Å²) >= 11 is 0. The van der Waals surface area contributed by atoms with Gasteiger partial charge >= 0.3 is 6.03 Å². The zero-order valence-corrected chi connectivity index (χ0v) is 15.6. The molecule has 138 valence electrons. The van der Waals surface area contributed by atoms with E-state index >= 15 is 0 Å². The highest BCUT2D eigenvalue weighted by atomic mass is 16.5. The molecule has 0 atom stereocenters. The SMILES string of the molecule is CC(C)(C)c1ccnc(NC(=O)Nc2ccc(Oc3ccncc3)cc2)c1. The molecule has 6 heteroatoms. The van der Waals surface area contributed by atoms with Crippen LogP contribution in [0.25, 0.3) is 0 Å². The maximum absolute atomic E-state index is 12.2. The van der Waals surface area contributed by atoms with Crippen molar-refractivity contribution in [3.63, 3.8) is 0 Å². The van der Waals surface area contributed by atoms with Crippen LogP contribution in [0, 0.1) is 0 Å². The van der Waals surface area contributed by atoms with Gasteiger partial charge in [0.15, 0.2) is 0 Å². The van der Waals surface area contributed by atoms with Crippen molar-refractivity contribution in [1.29, 1.82) is 0 Å². The standard InChI is InChI=1S/C21H22N4O2/c1-21(2,3)15-8-13-23-19(14-15)25-20(26)24-16-4-6-17(7-5-16)27-18-9-11-22-12-10-18/h4-14H,1-3H3,(H2,23,24,25,26). The van der Waals surface area contributed by atoms with Crippen LogP contribution in [-0.4, -0.2) is 16.0 Å². The molecular weight excluding hydrogens is 340 g/mol. The monoisotopic (exact) mass is 362 g/mol. The molecule has 0 aliphatic rings. The highest BCUT2D eigenvalue weighted by molar-refractivity contribution is 5.99. The van der Waals surface area contributed by atoms with Crippen molar-refractivity contribution in [1.82, 2.24) is 9.97 Å². The second-order valence-corrected chi connectivity index (χ2v) is 7.07. The van der Waals surface area contributed by atoms with E-state index in [-0.39, 0.29) is 11.4 Å². The van der Waals surface area contributed by atoms with Gasteiger partial charge in [-0.25, -0.2) is 9.78 Å². The number of anilines is 2. The minimum Gasteiger partial charge on any atom is -0.457 e. The Labute approximate surface area is 158 Å². The molecule has 0 radical (unpaired) electrons. The van der Waals surface area contributed by atoms with Crippen LogP contribution in [0.4, 0.5) is 16.3 Å². The molecule has 0 fully saturated rings. The third-order valence-electron chi connectivity index (χ3n) is 3.87. The predicted octanol–water partition coefficient (Wildman–Crippen LogP) is 5.21. The van der Waals surface area contributed by atoms with Crippen molar-refractivity contribution >= 4 is 17.5 Å². The molecule has 2 heterocycles. The number of hydrogen-bond acceptors (Lipinski definition) is 4. The molecule has 0 spiro atoms. The molecule has 0 aliphatic heterocycles. The van der Waals surface area contributed by atoms with Gasteiger partial charge in [0.05, 0.1) is 0 Å². The molecule has 3 aromatic rings. The fraction of sp³-hybridized carbons (Fsp3) is 0.190. The van der Waals surface area contributed by atoms with Crippen LogP contribution in [0.3, 0.4) is 0 Å². The number of nitrogens with one attached hydrogen (secondary N) is 2. The number of rotatable bonds is 4. The number of hydrogen-bond donors (Lipinski definition) is 2. The fourth-order valence-corrected chi connectivity index (χ4v) is 2.39. The van der Waals surface area contributed by atoms with Gasteiger partial charge in [-0.05, 0) is 59.5 Å². The Kier molecular flexibility index (Phi) is 5.35. The van der Waals surface area contributed by atoms with Crippen LogP contribution in [0.1, 0.15) is 26.3 Å². The number of nitrogens with zero attached hydrogens (tertiary/aromatic N) is 2. The van der Waals surface area contributed by atoms with E-state index in [1.165, 1.54) is 0 Å². The Morgan fingerprint density at radius 2 is 1.56 bits per heavy atom. The zero-order chi connectivity index (χ0) is 19.3. The second kappa shape index (κ2) is 7.86. The Hall–Kier alpha value is -3.41. The van der Waals surface area contributed by atoms with Crippen molar-refractivity contribution in [3.8, 4) is 11.5 Å². The first kappa shape index (κ1) is 18.4. The Morgan fingerprint density at radius 1 is 0.889 bits per heavy atom. The van der Waals surface area contributed by atoms with Crippen LogP contribution in [-0.2, 0) is 5.41 Å². The molecule has 2 aromatic heterocycles. The number of carbonyl (C=O) groups excluding carboxylic acids is 1. The number of pyridine rings is 2. The Morgan fingerprint density at radius 3 is 2.22 bits per heavy atom. The second-order valence-electron chi connectivity index (χ2n) is 7.07. The van der Waals surface area contributed by atoms with Crippen molar-refractivity contribution < 1.29 is 9.53 Å². The highest BCUT2D eigenvalue weighted by Gasteiger charge is 2.14. The summed E-state index contributed by atoms with van der Waals surface area (Å²) in [4.78, 5) is 20.4. The van der Waals surface area contributed by atoms with Crippen molar-refractivity contribution in [2.24, 2.45) is 0 Å². The lowest BCUT2D eigenvalue weighted by Gasteiger charge is -2.19. The molecule has 2 N–H and O–H groups in total. The zero-order valence-electron chi connectivity index (χ0n) is 15.6. The molecule has 3 rings (SSSR count). The third kappa shape index (κ3) is 5.28. The van der Waals surface area contributed by atoms with E-state index in [0.717, 1.165) is 5.56 Å².